The molecule has 0 saturated carbocycles. The molecule has 1 saturated heterocycles. The van der Waals surface area contributed by atoms with Crippen LogP contribution >= 0.6 is 0 Å². The molecule has 0 unspecified atom stereocenters. The van der Waals surface area contributed by atoms with E-state index in [1.807, 2.05) is 6.92 Å². The highest BCUT2D eigenvalue weighted by Gasteiger charge is 2.26. The Bertz CT molecular complexity index is 398. The van der Waals surface area contributed by atoms with Crippen LogP contribution in [0, 0.1) is 0 Å². The zero-order chi connectivity index (χ0) is 10.8. The molecule has 0 radical (unpaired) electrons. The maximum atomic E-state index is 11.3. The monoisotopic (exact) mass is 209 g/mol. The van der Waals surface area contributed by atoms with Gasteiger partial charge in [0.05, 0.1) is 12.4 Å². The summed E-state index contributed by atoms with van der Waals surface area (Å²) in [7, 11) is 0. The number of aromatic nitrogens is 2. The molecule has 0 aromatic carbocycles. The summed E-state index contributed by atoms with van der Waals surface area (Å²) in [5.74, 6) is 0.591. The van der Waals surface area contributed by atoms with E-state index >= 15 is 0 Å². The standard InChI is InChI=1S/C9H15N5O/c1-2-14(6-3-11-4-6)8-7(10)9(15)13-5-12-8/h5-6,11H,2-4,10H2,1H3,(H,12,13,15). The van der Waals surface area contributed by atoms with Crippen LogP contribution in [0.4, 0.5) is 11.5 Å². The van der Waals surface area contributed by atoms with Crippen molar-refractivity contribution in [3.63, 3.8) is 0 Å². The van der Waals surface area contributed by atoms with Crippen LogP contribution in [0.3, 0.4) is 0 Å². The van der Waals surface area contributed by atoms with Gasteiger partial charge in [-0.1, -0.05) is 0 Å². The molecule has 2 rings (SSSR count). The fraction of sp³-hybridized carbons (Fsp3) is 0.556. The van der Waals surface area contributed by atoms with Gasteiger partial charge in [0.25, 0.3) is 5.56 Å². The molecule has 82 valence electrons. The Kier molecular flexibility index (Phi) is 2.59. The van der Waals surface area contributed by atoms with E-state index in [0.717, 1.165) is 19.6 Å². The number of rotatable bonds is 3. The highest BCUT2D eigenvalue weighted by molar-refractivity contribution is 5.61. The van der Waals surface area contributed by atoms with E-state index in [1.54, 1.807) is 0 Å². The van der Waals surface area contributed by atoms with E-state index in [2.05, 4.69) is 20.2 Å². The summed E-state index contributed by atoms with van der Waals surface area (Å²) >= 11 is 0. The van der Waals surface area contributed by atoms with Gasteiger partial charge in [-0.15, -0.1) is 0 Å². The molecular formula is C9H15N5O. The summed E-state index contributed by atoms with van der Waals surface area (Å²) in [6.07, 6.45) is 1.39. The zero-order valence-corrected chi connectivity index (χ0v) is 8.66. The number of likely N-dealkylation sites (N-methyl/N-ethyl adjacent to an activating group) is 1. The van der Waals surface area contributed by atoms with Crippen molar-refractivity contribution in [1.82, 2.24) is 15.3 Å². The lowest BCUT2D eigenvalue weighted by Crippen LogP contribution is -2.57. The Morgan fingerprint density at radius 3 is 2.93 bits per heavy atom. The molecular weight excluding hydrogens is 194 g/mol. The smallest absolute Gasteiger partial charge is 0.276 e. The van der Waals surface area contributed by atoms with Gasteiger partial charge in [-0.25, -0.2) is 4.98 Å². The number of nitrogens with zero attached hydrogens (tertiary/aromatic N) is 2. The van der Waals surface area contributed by atoms with Gasteiger partial charge >= 0.3 is 0 Å². The van der Waals surface area contributed by atoms with Crippen molar-refractivity contribution >= 4 is 11.5 Å². The highest BCUT2D eigenvalue weighted by atomic mass is 16.1. The van der Waals surface area contributed by atoms with Crippen LogP contribution in [0.5, 0.6) is 0 Å². The number of nitrogens with two attached hydrogens (primary N) is 1. The zero-order valence-electron chi connectivity index (χ0n) is 8.66. The van der Waals surface area contributed by atoms with Gasteiger partial charge in [0.1, 0.15) is 5.69 Å². The van der Waals surface area contributed by atoms with Gasteiger partial charge in [-0.3, -0.25) is 4.79 Å². The Morgan fingerprint density at radius 1 is 1.67 bits per heavy atom. The average molecular weight is 209 g/mol. The van der Waals surface area contributed by atoms with Crippen LogP contribution in [0.25, 0.3) is 0 Å². The molecule has 4 N–H and O–H groups in total. The number of anilines is 2. The summed E-state index contributed by atoms with van der Waals surface area (Å²) in [5.41, 5.74) is 5.64. The topological polar surface area (TPSA) is 87.0 Å². The van der Waals surface area contributed by atoms with Gasteiger partial charge in [-0.2, -0.15) is 0 Å². The van der Waals surface area contributed by atoms with Crippen LogP contribution < -0.4 is 21.5 Å². The quantitative estimate of drug-likeness (QED) is 0.603. The summed E-state index contributed by atoms with van der Waals surface area (Å²) in [6.45, 7) is 4.66. The lowest BCUT2D eigenvalue weighted by molar-refractivity contribution is 0.415. The number of H-pyrrole nitrogens is 1. The number of nitrogens with one attached hydrogen (secondary N) is 2. The first-order valence-corrected chi connectivity index (χ1v) is 5.04. The number of aromatic amines is 1. The fourth-order valence-electron chi connectivity index (χ4n) is 1.70. The van der Waals surface area contributed by atoms with Gasteiger partial charge < -0.3 is 20.9 Å². The molecule has 0 amide bonds. The van der Waals surface area contributed by atoms with E-state index in [4.69, 9.17) is 5.73 Å². The Morgan fingerprint density at radius 2 is 2.40 bits per heavy atom. The van der Waals surface area contributed by atoms with Crippen molar-refractivity contribution in [2.45, 2.75) is 13.0 Å². The molecule has 1 fully saturated rings. The third kappa shape index (κ3) is 1.68. The molecule has 1 aliphatic rings. The van der Waals surface area contributed by atoms with E-state index in [0.29, 0.717) is 11.9 Å². The first kappa shape index (κ1) is 9.97. The minimum Gasteiger partial charge on any atom is -0.391 e. The number of hydrogen-bond acceptors (Lipinski definition) is 5. The van der Waals surface area contributed by atoms with E-state index in [9.17, 15) is 4.79 Å². The second-order valence-electron chi connectivity index (χ2n) is 3.57. The molecule has 6 nitrogen and oxygen atoms in total. The second-order valence-corrected chi connectivity index (χ2v) is 3.57. The molecule has 2 heterocycles. The lowest BCUT2D eigenvalue weighted by Gasteiger charge is -2.38. The Labute approximate surface area is 87.5 Å². The normalized spacial score (nSPS) is 16.1. The highest BCUT2D eigenvalue weighted by Crippen LogP contribution is 2.19. The summed E-state index contributed by atoms with van der Waals surface area (Å²) < 4.78 is 0. The van der Waals surface area contributed by atoms with Crippen LogP contribution in [0.2, 0.25) is 0 Å². The van der Waals surface area contributed by atoms with Crippen LogP contribution in [0.1, 0.15) is 6.92 Å². The Balaban J connectivity index is 2.33. The molecule has 0 atom stereocenters. The van der Waals surface area contributed by atoms with Crippen molar-refractivity contribution in [3.05, 3.63) is 16.7 Å². The van der Waals surface area contributed by atoms with Crippen molar-refractivity contribution in [1.29, 1.82) is 0 Å². The van der Waals surface area contributed by atoms with Gasteiger partial charge in [0.2, 0.25) is 0 Å². The van der Waals surface area contributed by atoms with E-state index in [-0.39, 0.29) is 11.2 Å². The summed E-state index contributed by atoms with van der Waals surface area (Å²) in [4.78, 5) is 20.0. The van der Waals surface area contributed by atoms with Gasteiger partial charge in [-0.05, 0) is 6.92 Å². The maximum Gasteiger partial charge on any atom is 0.276 e. The molecule has 0 bridgehead atoms. The van der Waals surface area contributed by atoms with Crippen molar-refractivity contribution in [2.75, 3.05) is 30.3 Å². The number of nitrogen functional groups attached to an aromatic ring is 1. The van der Waals surface area contributed by atoms with E-state index < -0.39 is 0 Å². The third-order valence-electron chi connectivity index (χ3n) is 2.68. The van der Waals surface area contributed by atoms with Gasteiger partial charge in [0.15, 0.2) is 5.82 Å². The predicted molar refractivity (Wildman–Crippen MR) is 58.9 cm³/mol. The lowest BCUT2D eigenvalue weighted by atomic mass is 10.1. The van der Waals surface area contributed by atoms with Crippen molar-refractivity contribution in [3.8, 4) is 0 Å². The number of hydrogen-bond donors (Lipinski definition) is 3. The summed E-state index contributed by atoms with van der Waals surface area (Å²) in [6, 6.07) is 0.395. The fourth-order valence-corrected chi connectivity index (χ4v) is 1.70. The molecule has 1 aromatic heterocycles. The van der Waals surface area contributed by atoms with Crippen LogP contribution in [-0.2, 0) is 0 Å². The minimum absolute atomic E-state index is 0.200. The molecule has 0 aliphatic carbocycles. The first-order valence-electron chi connectivity index (χ1n) is 5.04. The predicted octanol–water partition coefficient (Wildman–Crippen LogP) is -0.850. The maximum absolute atomic E-state index is 11.3. The van der Waals surface area contributed by atoms with E-state index in [1.165, 1.54) is 6.33 Å². The second kappa shape index (κ2) is 3.90. The van der Waals surface area contributed by atoms with Crippen LogP contribution in [0.15, 0.2) is 11.1 Å². The van der Waals surface area contributed by atoms with Crippen molar-refractivity contribution in [2.24, 2.45) is 0 Å². The van der Waals surface area contributed by atoms with Crippen LogP contribution in [-0.4, -0.2) is 35.6 Å². The molecule has 1 aliphatic heterocycles. The molecule has 6 heteroatoms. The third-order valence-corrected chi connectivity index (χ3v) is 2.68. The van der Waals surface area contributed by atoms with Gasteiger partial charge in [0, 0.05) is 19.6 Å². The molecule has 15 heavy (non-hydrogen) atoms. The molecule has 1 aromatic rings. The Hall–Kier alpha value is -1.56. The summed E-state index contributed by atoms with van der Waals surface area (Å²) in [5, 5.41) is 3.18. The molecule has 0 spiro atoms. The van der Waals surface area contributed by atoms with Crippen molar-refractivity contribution < 1.29 is 0 Å². The largest absolute Gasteiger partial charge is 0.391 e. The first-order chi connectivity index (χ1) is 7.24. The average Bonchev–Trinajstić information content (AvgIpc) is 2.16. The minimum atomic E-state index is -0.272. The SMILES string of the molecule is CCN(c1nc[nH]c(=O)c1N)C1CNC1.